The van der Waals surface area contributed by atoms with Crippen molar-refractivity contribution in [3.8, 4) is 0 Å². The highest BCUT2D eigenvalue weighted by Gasteiger charge is 2.47. The second-order valence-corrected chi connectivity index (χ2v) is 9.10. The topological polar surface area (TPSA) is 66.9 Å². The predicted octanol–water partition coefficient (Wildman–Crippen LogP) is 2.82. The van der Waals surface area contributed by atoms with Crippen LogP contribution in [0, 0.1) is 11.8 Å². The van der Waals surface area contributed by atoms with Crippen LogP contribution in [0.3, 0.4) is 0 Å². The Hall–Kier alpha value is -1.73. The fourth-order valence-corrected chi connectivity index (χ4v) is 5.42. The third-order valence-electron chi connectivity index (χ3n) is 6.21. The van der Waals surface area contributed by atoms with Gasteiger partial charge >= 0.3 is 0 Å². The van der Waals surface area contributed by atoms with Crippen LogP contribution in [0.2, 0.25) is 0 Å². The van der Waals surface area contributed by atoms with Crippen molar-refractivity contribution in [2.24, 2.45) is 11.8 Å². The molecule has 1 aromatic rings. The van der Waals surface area contributed by atoms with Crippen LogP contribution < -0.4 is 0 Å². The molecule has 7 heteroatoms. The Bertz CT molecular complexity index is 690. The Balaban J connectivity index is 1.37. The molecular weight excluding hydrogens is 376 g/mol. The Labute approximate surface area is 169 Å². The predicted molar refractivity (Wildman–Crippen MR) is 105 cm³/mol. The molecule has 3 atom stereocenters. The van der Waals surface area contributed by atoms with Gasteiger partial charge < -0.3 is 9.64 Å². The zero-order valence-electron chi connectivity index (χ0n) is 16.2. The maximum atomic E-state index is 13.0. The van der Waals surface area contributed by atoms with Crippen molar-refractivity contribution in [2.75, 3.05) is 19.7 Å². The van der Waals surface area contributed by atoms with Gasteiger partial charge in [-0.25, -0.2) is 0 Å². The average Bonchev–Trinajstić information content (AvgIpc) is 3.44. The Morgan fingerprint density at radius 1 is 1.14 bits per heavy atom. The van der Waals surface area contributed by atoms with E-state index in [0.717, 1.165) is 50.0 Å². The van der Waals surface area contributed by atoms with Crippen LogP contribution in [-0.4, -0.2) is 53.3 Å². The summed E-state index contributed by atoms with van der Waals surface area (Å²) >= 11 is 1.63. The van der Waals surface area contributed by atoms with E-state index >= 15 is 0 Å². The molecule has 0 radical (unpaired) electrons. The van der Waals surface area contributed by atoms with Crippen LogP contribution in [0.4, 0.5) is 0 Å². The fourth-order valence-electron chi connectivity index (χ4n) is 4.70. The molecule has 0 spiro atoms. The molecule has 1 aliphatic carbocycles. The molecule has 3 heterocycles. The van der Waals surface area contributed by atoms with Gasteiger partial charge in [0.05, 0.1) is 24.5 Å². The maximum Gasteiger partial charge on any atom is 0.233 e. The number of amides is 3. The highest BCUT2D eigenvalue weighted by atomic mass is 32.1. The summed E-state index contributed by atoms with van der Waals surface area (Å²) in [6.07, 6.45) is 5.93. The minimum atomic E-state index is -0.148. The van der Waals surface area contributed by atoms with E-state index in [1.807, 2.05) is 22.4 Å². The molecule has 3 fully saturated rings. The summed E-state index contributed by atoms with van der Waals surface area (Å²) in [4.78, 5) is 42.5. The highest BCUT2D eigenvalue weighted by Crippen LogP contribution is 2.38. The zero-order chi connectivity index (χ0) is 19.5. The molecule has 3 amide bonds. The summed E-state index contributed by atoms with van der Waals surface area (Å²) in [6.45, 7) is 2.09. The number of carbonyl (C=O) groups excluding carboxylic acids is 3. The lowest BCUT2D eigenvalue weighted by Gasteiger charge is -2.26. The van der Waals surface area contributed by atoms with Crippen molar-refractivity contribution in [3.63, 3.8) is 0 Å². The van der Waals surface area contributed by atoms with E-state index in [9.17, 15) is 14.4 Å². The first kappa shape index (κ1) is 19.6. The number of fused-ring (bicyclic) bond motifs is 1. The van der Waals surface area contributed by atoms with Crippen LogP contribution in [0.15, 0.2) is 17.5 Å². The molecule has 4 rings (SSSR count). The standard InChI is InChI=1S/C21H28N2O4S/c24-19(9-10-23-20(25)17-7-1-2-8-18(17)21(23)26)22(13-15-5-3-11-27-15)14-16-6-4-12-28-16/h4,6,12,15,17-18H,1-3,5,7-11,13-14H2. The quantitative estimate of drug-likeness (QED) is 0.656. The van der Waals surface area contributed by atoms with Crippen molar-refractivity contribution >= 4 is 29.1 Å². The molecule has 6 nitrogen and oxygen atoms in total. The van der Waals surface area contributed by atoms with Gasteiger partial charge in [0.2, 0.25) is 17.7 Å². The number of nitrogens with zero attached hydrogens (tertiary/aromatic N) is 2. The third kappa shape index (κ3) is 4.15. The Kier molecular flexibility index (Phi) is 6.11. The van der Waals surface area contributed by atoms with Gasteiger partial charge in [0, 0.05) is 31.0 Å². The van der Waals surface area contributed by atoms with Gasteiger partial charge in [-0.15, -0.1) is 11.3 Å². The van der Waals surface area contributed by atoms with Crippen LogP contribution in [0.1, 0.15) is 49.8 Å². The fraction of sp³-hybridized carbons (Fsp3) is 0.667. The first-order valence-electron chi connectivity index (χ1n) is 10.4. The Morgan fingerprint density at radius 3 is 2.50 bits per heavy atom. The molecule has 3 unspecified atom stereocenters. The minimum absolute atomic E-state index is 0.0145. The van der Waals surface area contributed by atoms with Crippen LogP contribution in [-0.2, 0) is 25.7 Å². The number of ether oxygens (including phenoxy) is 1. The number of hydrogen-bond acceptors (Lipinski definition) is 5. The van der Waals surface area contributed by atoms with Gasteiger partial charge in [-0.1, -0.05) is 18.9 Å². The molecular formula is C21H28N2O4S. The number of rotatable bonds is 7. The summed E-state index contributed by atoms with van der Waals surface area (Å²) in [5.74, 6) is -0.437. The number of carbonyl (C=O) groups is 3. The van der Waals surface area contributed by atoms with E-state index in [-0.39, 0.29) is 48.6 Å². The van der Waals surface area contributed by atoms with Crippen LogP contribution in [0.5, 0.6) is 0 Å². The molecule has 0 aromatic carbocycles. The number of imide groups is 1. The Morgan fingerprint density at radius 2 is 1.89 bits per heavy atom. The summed E-state index contributed by atoms with van der Waals surface area (Å²) in [6, 6.07) is 4.01. The van der Waals surface area contributed by atoms with Gasteiger partial charge in [-0.05, 0) is 37.1 Å². The van der Waals surface area contributed by atoms with E-state index < -0.39 is 0 Å². The van der Waals surface area contributed by atoms with E-state index in [4.69, 9.17) is 4.74 Å². The smallest absolute Gasteiger partial charge is 0.233 e. The van der Waals surface area contributed by atoms with Gasteiger partial charge in [0.1, 0.15) is 0 Å². The molecule has 0 N–H and O–H groups in total. The zero-order valence-corrected chi connectivity index (χ0v) is 17.0. The van der Waals surface area contributed by atoms with Crippen molar-refractivity contribution in [3.05, 3.63) is 22.4 Å². The van der Waals surface area contributed by atoms with E-state index in [1.54, 1.807) is 11.3 Å². The SMILES string of the molecule is O=C(CCN1C(=O)C2CCCCC2C1=O)N(Cc1cccs1)CC1CCCO1. The van der Waals surface area contributed by atoms with Crippen molar-refractivity contribution in [1.82, 2.24) is 9.80 Å². The van der Waals surface area contributed by atoms with Crippen molar-refractivity contribution in [2.45, 2.75) is 57.6 Å². The highest BCUT2D eigenvalue weighted by molar-refractivity contribution is 7.09. The lowest BCUT2D eigenvalue weighted by atomic mass is 9.81. The number of hydrogen-bond donors (Lipinski definition) is 0. The van der Waals surface area contributed by atoms with E-state index in [2.05, 4.69) is 0 Å². The molecule has 152 valence electrons. The normalized spacial score (nSPS) is 27.3. The third-order valence-corrected chi connectivity index (χ3v) is 7.07. The molecule has 3 aliphatic rings. The molecule has 1 aromatic heterocycles. The molecule has 0 bridgehead atoms. The van der Waals surface area contributed by atoms with Crippen molar-refractivity contribution < 1.29 is 19.1 Å². The lowest BCUT2D eigenvalue weighted by molar-refractivity contribution is -0.141. The minimum Gasteiger partial charge on any atom is -0.376 e. The number of likely N-dealkylation sites (tertiary alicyclic amines) is 1. The summed E-state index contributed by atoms with van der Waals surface area (Å²) < 4.78 is 5.72. The molecule has 1 saturated carbocycles. The lowest BCUT2D eigenvalue weighted by Crippen LogP contribution is -2.40. The van der Waals surface area contributed by atoms with Crippen molar-refractivity contribution in [1.29, 1.82) is 0 Å². The first-order valence-corrected chi connectivity index (χ1v) is 11.3. The largest absolute Gasteiger partial charge is 0.376 e. The maximum absolute atomic E-state index is 13.0. The number of thiophene rings is 1. The molecule has 2 saturated heterocycles. The van der Waals surface area contributed by atoms with Gasteiger partial charge in [-0.2, -0.15) is 0 Å². The molecule has 28 heavy (non-hydrogen) atoms. The second-order valence-electron chi connectivity index (χ2n) is 8.06. The van der Waals surface area contributed by atoms with E-state index in [0.29, 0.717) is 13.1 Å². The first-order chi connectivity index (χ1) is 13.6. The second kappa shape index (κ2) is 8.74. The van der Waals surface area contributed by atoms with Crippen LogP contribution >= 0.6 is 11.3 Å². The average molecular weight is 405 g/mol. The summed E-state index contributed by atoms with van der Waals surface area (Å²) in [5.41, 5.74) is 0. The molecule has 2 aliphatic heterocycles. The summed E-state index contributed by atoms with van der Waals surface area (Å²) in [7, 11) is 0. The van der Waals surface area contributed by atoms with Gasteiger partial charge in [-0.3, -0.25) is 19.3 Å². The van der Waals surface area contributed by atoms with Gasteiger partial charge in [0.25, 0.3) is 0 Å². The summed E-state index contributed by atoms with van der Waals surface area (Å²) in [5, 5.41) is 2.01. The monoisotopic (exact) mass is 404 g/mol. The van der Waals surface area contributed by atoms with Crippen LogP contribution in [0.25, 0.3) is 0 Å². The van der Waals surface area contributed by atoms with Gasteiger partial charge in [0.15, 0.2) is 0 Å². The van der Waals surface area contributed by atoms with E-state index in [1.165, 1.54) is 4.90 Å².